The second-order valence-corrected chi connectivity index (χ2v) is 7.69. The zero-order valence-electron chi connectivity index (χ0n) is 18.3. The standard InChI is InChI=1S/C25H30N2O3/c1-17(19-6-7-21-15-23(30-5)13-10-20(21)14-19)25(28)26-16-24(27(2)3)18-8-11-22(29-4)12-9-18/h6-15,17,24H,16H2,1-5H3,(H,26,28)/t17-,24+/m0/s1. The lowest BCUT2D eigenvalue weighted by molar-refractivity contribution is -0.122. The van der Waals surface area contributed by atoms with Crippen LogP contribution in [0.15, 0.2) is 60.7 Å². The number of hydrogen-bond acceptors (Lipinski definition) is 4. The first-order chi connectivity index (χ1) is 14.4. The molecular formula is C25H30N2O3. The van der Waals surface area contributed by atoms with Crippen LogP contribution in [0.1, 0.15) is 30.0 Å². The van der Waals surface area contributed by atoms with E-state index in [-0.39, 0.29) is 17.9 Å². The van der Waals surface area contributed by atoms with Crippen molar-refractivity contribution in [3.63, 3.8) is 0 Å². The number of benzene rings is 3. The first-order valence-corrected chi connectivity index (χ1v) is 10.1. The number of rotatable bonds is 8. The summed E-state index contributed by atoms with van der Waals surface area (Å²) in [5.74, 6) is 1.43. The third-order valence-corrected chi connectivity index (χ3v) is 5.56. The Bertz CT molecular complexity index is 999. The summed E-state index contributed by atoms with van der Waals surface area (Å²) in [6.07, 6.45) is 0. The predicted octanol–water partition coefficient (Wildman–Crippen LogP) is 4.38. The lowest BCUT2D eigenvalue weighted by Gasteiger charge is -2.26. The molecule has 1 amide bonds. The van der Waals surface area contributed by atoms with E-state index in [2.05, 4.69) is 16.3 Å². The molecule has 0 spiro atoms. The molecule has 0 aliphatic heterocycles. The quantitative estimate of drug-likeness (QED) is 0.603. The molecule has 0 heterocycles. The van der Waals surface area contributed by atoms with Crippen molar-refractivity contribution in [1.29, 1.82) is 0 Å². The van der Waals surface area contributed by atoms with Crippen molar-refractivity contribution < 1.29 is 14.3 Å². The third kappa shape index (κ3) is 4.92. The van der Waals surface area contributed by atoms with E-state index in [0.717, 1.165) is 33.4 Å². The van der Waals surface area contributed by atoms with Gasteiger partial charge in [-0.3, -0.25) is 4.79 Å². The summed E-state index contributed by atoms with van der Waals surface area (Å²) in [4.78, 5) is 15.0. The monoisotopic (exact) mass is 406 g/mol. The fourth-order valence-corrected chi connectivity index (χ4v) is 3.56. The Morgan fingerprint density at radius 2 is 1.43 bits per heavy atom. The third-order valence-electron chi connectivity index (χ3n) is 5.56. The van der Waals surface area contributed by atoms with Crippen molar-refractivity contribution in [1.82, 2.24) is 10.2 Å². The molecule has 0 saturated carbocycles. The van der Waals surface area contributed by atoms with Gasteiger partial charge >= 0.3 is 0 Å². The maximum Gasteiger partial charge on any atom is 0.227 e. The molecular weight excluding hydrogens is 376 g/mol. The van der Waals surface area contributed by atoms with Crippen LogP contribution in [0.4, 0.5) is 0 Å². The summed E-state index contributed by atoms with van der Waals surface area (Å²) in [6, 6.07) is 20.1. The van der Waals surface area contributed by atoms with Crippen molar-refractivity contribution in [3.05, 3.63) is 71.8 Å². The Morgan fingerprint density at radius 3 is 2.07 bits per heavy atom. The number of nitrogens with one attached hydrogen (secondary N) is 1. The lowest BCUT2D eigenvalue weighted by atomic mass is 9.96. The van der Waals surface area contributed by atoms with Gasteiger partial charge in [0.2, 0.25) is 5.91 Å². The van der Waals surface area contributed by atoms with Gasteiger partial charge in [-0.15, -0.1) is 0 Å². The molecule has 0 saturated heterocycles. The molecule has 0 fully saturated rings. The minimum atomic E-state index is -0.241. The lowest BCUT2D eigenvalue weighted by Crippen LogP contribution is -2.36. The maximum absolute atomic E-state index is 12.9. The van der Waals surface area contributed by atoms with Crippen molar-refractivity contribution in [3.8, 4) is 11.5 Å². The van der Waals surface area contributed by atoms with Crippen LogP contribution in [-0.2, 0) is 4.79 Å². The zero-order chi connectivity index (χ0) is 21.7. The number of likely N-dealkylation sites (N-methyl/N-ethyl adjacent to an activating group) is 1. The highest BCUT2D eigenvalue weighted by Gasteiger charge is 2.19. The molecule has 3 rings (SSSR count). The van der Waals surface area contributed by atoms with Gasteiger partial charge < -0.3 is 19.7 Å². The molecule has 0 bridgehead atoms. The molecule has 2 atom stereocenters. The Morgan fingerprint density at radius 1 is 0.867 bits per heavy atom. The minimum Gasteiger partial charge on any atom is -0.497 e. The number of methoxy groups -OCH3 is 2. The van der Waals surface area contributed by atoms with Gasteiger partial charge in [0.15, 0.2) is 0 Å². The normalized spacial score (nSPS) is 13.1. The first-order valence-electron chi connectivity index (χ1n) is 10.1. The van der Waals surface area contributed by atoms with Gasteiger partial charge in [-0.2, -0.15) is 0 Å². The number of fused-ring (bicyclic) bond motifs is 1. The van der Waals surface area contributed by atoms with Gasteiger partial charge in [0.25, 0.3) is 0 Å². The predicted molar refractivity (Wildman–Crippen MR) is 121 cm³/mol. The molecule has 3 aromatic carbocycles. The summed E-state index contributed by atoms with van der Waals surface area (Å²) >= 11 is 0. The molecule has 0 radical (unpaired) electrons. The van der Waals surface area contributed by atoms with Crippen molar-refractivity contribution in [2.24, 2.45) is 0 Å². The zero-order valence-corrected chi connectivity index (χ0v) is 18.3. The highest BCUT2D eigenvalue weighted by molar-refractivity contribution is 5.88. The van der Waals surface area contributed by atoms with E-state index in [4.69, 9.17) is 9.47 Å². The molecule has 0 aromatic heterocycles. The Labute approximate surface area is 178 Å². The van der Waals surface area contributed by atoms with Gasteiger partial charge in [-0.05, 0) is 67.2 Å². The van der Waals surface area contributed by atoms with Crippen LogP contribution in [0.5, 0.6) is 11.5 Å². The van der Waals surface area contributed by atoms with Crippen molar-refractivity contribution >= 4 is 16.7 Å². The highest BCUT2D eigenvalue weighted by atomic mass is 16.5. The number of hydrogen-bond donors (Lipinski definition) is 1. The second-order valence-electron chi connectivity index (χ2n) is 7.69. The molecule has 5 nitrogen and oxygen atoms in total. The molecule has 0 aliphatic rings. The fourth-order valence-electron chi connectivity index (χ4n) is 3.56. The van der Waals surface area contributed by atoms with E-state index in [1.807, 2.05) is 75.6 Å². The van der Waals surface area contributed by atoms with Crippen LogP contribution < -0.4 is 14.8 Å². The molecule has 1 N–H and O–H groups in total. The van der Waals surface area contributed by atoms with Gasteiger partial charge in [0.1, 0.15) is 11.5 Å². The molecule has 0 aliphatic carbocycles. The van der Waals surface area contributed by atoms with E-state index in [1.165, 1.54) is 0 Å². The summed E-state index contributed by atoms with van der Waals surface area (Å²) in [7, 11) is 7.35. The van der Waals surface area contributed by atoms with Gasteiger partial charge in [-0.25, -0.2) is 0 Å². The van der Waals surface area contributed by atoms with Crippen LogP contribution >= 0.6 is 0 Å². The number of carbonyl (C=O) groups is 1. The number of ether oxygens (including phenoxy) is 2. The van der Waals surface area contributed by atoms with E-state index in [1.54, 1.807) is 14.2 Å². The molecule has 5 heteroatoms. The van der Waals surface area contributed by atoms with Gasteiger partial charge in [0, 0.05) is 6.54 Å². The van der Waals surface area contributed by atoms with Crippen LogP contribution in [0, 0.1) is 0 Å². The Kier molecular flexibility index (Phi) is 6.95. The molecule has 30 heavy (non-hydrogen) atoms. The van der Waals surface area contributed by atoms with E-state index in [0.29, 0.717) is 6.54 Å². The largest absolute Gasteiger partial charge is 0.497 e. The first kappa shape index (κ1) is 21.7. The Hall–Kier alpha value is -3.05. The maximum atomic E-state index is 12.9. The van der Waals surface area contributed by atoms with Crippen LogP contribution in [0.2, 0.25) is 0 Å². The van der Waals surface area contributed by atoms with E-state index >= 15 is 0 Å². The molecule has 158 valence electrons. The SMILES string of the molecule is COc1ccc([C@@H](CNC(=O)[C@@H](C)c2ccc3cc(OC)ccc3c2)N(C)C)cc1. The topological polar surface area (TPSA) is 50.8 Å². The number of nitrogens with zero attached hydrogens (tertiary/aromatic N) is 1. The summed E-state index contributed by atoms with van der Waals surface area (Å²) in [6.45, 7) is 2.48. The second kappa shape index (κ2) is 9.63. The Balaban J connectivity index is 1.69. The molecule has 0 unspecified atom stereocenters. The summed E-state index contributed by atoms with van der Waals surface area (Å²) in [5, 5.41) is 5.31. The summed E-state index contributed by atoms with van der Waals surface area (Å²) < 4.78 is 10.5. The van der Waals surface area contributed by atoms with Gasteiger partial charge in [0.05, 0.1) is 26.2 Å². The van der Waals surface area contributed by atoms with Gasteiger partial charge in [-0.1, -0.05) is 36.4 Å². The van der Waals surface area contributed by atoms with Crippen LogP contribution in [-0.4, -0.2) is 45.7 Å². The fraction of sp³-hybridized carbons (Fsp3) is 0.320. The van der Waals surface area contributed by atoms with Crippen molar-refractivity contribution in [2.75, 3.05) is 34.9 Å². The summed E-state index contributed by atoms with van der Waals surface area (Å²) in [5.41, 5.74) is 2.13. The van der Waals surface area contributed by atoms with E-state index < -0.39 is 0 Å². The smallest absolute Gasteiger partial charge is 0.227 e. The minimum absolute atomic E-state index is 0.0169. The van der Waals surface area contributed by atoms with Crippen LogP contribution in [0.25, 0.3) is 10.8 Å². The molecule has 3 aromatic rings. The van der Waals surface area contributed by atoms with E-state index in [9.17, 15) is 4.79 Å². The number of carbonyl (C=O) groups excluding carboxylic acids is 1. The van der Waals surface area contributed by atoms with Crippen molar-refractivity contribution in [2.45, 2.75) is 18.9 Å². The average Bonchev–Trinajstić information content (AvgIpc) is 2.78. The average molecular weight is 407 g/mol. The highest BCUT2D eigenvalue weighted by Crippen LogP contribution is 2.26. The number of amides is 1. The van der Waals surface area contributed by atoms with Crippen LogP contribution in [0.3, 0.4) is 0 Å².